The molecule has 0 atom stereocenters. The lowest BCUT2D eigenvalue weighted by atomic mass is 10.4. The van der Waals surface area contributed by atoms with E-state index in [9.17, 15) is 4.79 Å². The van der Waals surface area contributed by atoms with E-state index in [2.05, 4.69) is 21.2 Å². The molecule has 1 heterocycles. The van der Waals surface area contributed by atoms with Gasteiger partial charge in [-0.25, -0.2) is 0 Å². The van der Waals surface area contributed by atoms with Gasteiger partial charge in [0.25, 0.3) is 5.91 Å². The third-order valence-corrected chi connectivity index (χ3v) is 2.25. The van der Waals surface area contributed by atoms with Crippen molar-refractivity contribution in [2.45, 2.75) is 6.92 Å². The predicted molar refractivity (Wildman–Crippen MR) is 60.3 cm³/mol. The molecule has 1 rings (SSSR count). The van der Waals surface area contributed by atoms with E-state index in [1.807, 2.05) is 32.3 Å². The van der Waals surface area contributed by atoms with Crippen LogP contribution in [0.15, 0.2) is 28.9 Å². The lowest BCUT2D eigenvalue weighted by Crippen LogP contribution is -2.25. The molecule has 76 valence electrons. The second-order valence-corrected chi connectivity index (χ2v) is 3.85. The van der Waals surface area contributed by atoms with Gasteiger partial charge in [-0.2, -0.15) is 0 Å². The van der Waals surface area contributed by atoms with Crippen LogP contribution in [0.25, 0.3) is 0 Å². The summed E-state index contributed by atoms with van der Waals surface area (Å²) in [4.78, 5) is 11.6. The number of allylic oxidation sites excluding steroid dienone is 1. The van der Waals surface area contributed by atoms with Gasteiger partial charge in [0.1, 0.15) is 5.69 Å². The Morgan fingerprint density at radius 1 is 1.71 bits per heavy atom. The number of aryl methyl sites for hydroxylation is 1. The zero-order valence-electron chi connectivity index (χ0n) is 8.25. The number of aromatic nitrogens is 1. The lowest BCUT2D eigenvalue weighted by Gasteiger charge is -2.02. The molecular weight excluding hydrogens is 244 g/mol. The second-order valence-electron chi connectivity index (χ2n) is 2.93. The monoisotopic (exact) mass is 256 g/mol. The van der Waals surface area contributed by atoms with Crippen LogP contribution in [-0.2, 0) is 7.05 Å². The molecule has 0 aliphatic heterocycles. The van der Waals surface area contributed by atoms with Gasteiger partial charge in [0.2, 0.25) is 0 Å². The van der Waals surface area contributed by atoms with Gasteiger partial charge in [-0.1, -0.05) is 12.2 Å². The molecular formula is C10H13BrN2O. The summed E-state index contributed by atoms with van der Waals surface area (Å²) in [6.07, 6.45) is 5.65. The van der Waals surface area contributed by atoms with Gasteiger partial charge in [-0.3, -0.25) is 4.79 Å². The SMILES string of the molecule is C/C=C/CNC(=O)c1cc(Br)cn1C. The van der Waals surface area contributed by atoms with Crippen LogP contribution in [0.2, 0.25) is 0 Å². The molecule has 4 heteroatoms. The maximum atomic E-state index is 11.6. The van der Waals surface area contributed by atoms with Crippen molar-refractivity contribution < 1.29 is 4.79 Å². The minimum Gasteiger partial charge on any atom is -0.347 e. The van der Waals surface area contributed by atoms with E-state index in [0.717, 1.165) is 4.47 Å². The fourth-order valence-electron chi connectivity index (χ4n) is 1.11. The topological polar surface area (TPSA) is 34.0 Å². The fraction of sp³-hybridized carbons (Fsp3) is 0.300. The highest BCUT2D eigenvalue weighted by Gasteiger charge is 2.08. The van der Waals surface area contributed by atoms with Gasteiger partial charge >= 0.3 is 0 Å². The van der Waals surface area contributed by atoms with E-state index in [-0.39, 0.29) is 5.91 Å². The molecule has 0 saturated heterocycles. The molecule has 0 fully saturated rings. The number of carbonyl (C=O) groups is 1. The highest BCUT2D eigenvalue weighted by molar-refractivity contribution is 9.10. The molecule has 0 saturated carbocycles. The number of amides is 1. The minimum absolute atomic E-state index is 0.0590. The Balaban J connectivity index is 2.65. The molecule has 0 unspecified atom stereocenters. The Hall–Kier alpha value is -1.03. The van der Waals surface area contributed by atoms with E-state index in [1.165, 1.54) is 0 Å². The Morgan fingerprint density at radius 3 is 2.93 bits per heavy atom. The molecule has 1 aromatic heterocycles. The summed E-state index contributed by atoms with van der Waals surface area (Å²) in [5.74, 6) is -0.0590. The Kier molecular flexibility index (Phi) is 3.95. The van der Waals surface area contributed by atoms with Crippen LogP contribution in [0, 0.1) is 0 Å². The van der Waals surface area contributed by atoms with Crippen molar-refractivity contribution in [2.24, 2.45) is 7.05 Å². The fourth-order valence-corrected chi connectivity index (χ4v) is 1.63. The molecule has 0 spiro atoms. The predicted octanol–water partition coefficient (Wildman–Crippen LogP) is 2.09. The van der Waals surface area contributed by atoms with Gasteiger partial charge < -0.3 is 9.88 Å². The third-order valence-electron chi connectivity index (χ3n) is 1.82. The number of nitrogens with one attached hydrogen (secondary N) is 1. The highest BCUT2D eigenvalue weighted by atomic mass is 79.9. The van der Waals surface area contributed by atoms with Gasteiger partial charge in [0, 0.05) is 24.3 Å². The van der Waals surface area contributed by atoms with Crippen molar-refractivity contribution in [2.75, 3.05) is 6.54 Å². The Labute approximate surface area is 91.9 Å². The van der Waals surface area contributed by atoms with Crippen molar-refractivity contribution in [1.29, 1.82) is 0 Å². The summed E-state index contributed by atoms with van der Waals surface area (Å²) in [7, 11) is 1.84. The van der Waals surface area contributed by atoms with Crippen LogP contribution >= 0.6 is 15.9 Å². The summed E-state index contributed by atoms with van der Waals surface area (Å²) < 4.78 is 2.70. The first-order valence-electron chi connectivity index (χ1n) is 4.36. The molecule has 0 aliphatic rings. The summed E-state index contributed by atoms with van der Waals surface area (Å²) in [6.45, 7) is 2.49. The number of carbonyl (C=O) groups excluding carboxylic acids is 1. The highest BCUT2D eigenvalue weighted by Crippen LogP contribution is 2.13. The largest absolute Gasteiger partial charge is 0.347 e. The number of halogens is 1. The first kappa shape index (κ1) is 11.0. The van der Waals surface area contributed by atoms with E-state index >= 15 is 0 Å². The summed E-state index contributed by atoms with van der Waals surface area (Å²) in [5, 5.41) is 2.79. The maximum absolute atomic E-state index is 11.6. The molecule has 1 aromatic rings. The van der Waals surface area contributed by atoms with E-state index in [0.29, 0.717) is 12.2 Å². The third kappa shape index (κ3) is 2.73. The smallest absolute Gasteiger partial charge is 0.268 e. The molecule has 0 bridgehead atoms. The number of hydrogen-bond donors (Lipinski definition) is 1. The summed E-state index contributed by atoms with van der Waals surface area (Å²) >= 11 is 3.32. The molecule has 3 nitrogen and oxygen atoms in total. The maximum Gasteiger partial charge on any atom is 0.268 e. The Bertz CT molecular complexity index is 355. The van der Waals surface area contributed by atoms with Crippen LogP contribution in [-0.4, -0.2) is 17.0 Å². The summed E-state index contributed by atoms with van der Waals surface area (Å²) in [6, 6.07) is 1.80. The Morgan fingerprint density at radius 2 is 2.43 bits per heavy atom. The van der Waals surface area contributed by atoms with E-state index < -0.39 is 0 Å². The van der Waals surface area contributed by atoms with Crippen molar-refractivity contribution in [1.82, 2.24) is 9.88 Å². The first-order chi connectivity index (χ1) is 6.65. The zero-order valence-corrected chi connectivity index (χ0v) is 9.84. The van der Waals surface area contributed by atoms with Gasteiger partial charge in [-0.15, -0.1) is 0 Å². The van der Waals surface area contributed by atoms with Crippen LogP contribution in [0.5, 0.6) is 0 Å². The van der Waals surface area contributed by atoms with Crippen molar-refractivity contribution in [3.8, 4) is 0 Å². The van der Waals surface area contributed by atoms with Gasteiger partial charge in [0.15, 0.2) is 0 Å². The van der Waals surface area contributed by atoms with E-state index in [1.54, 1.807) is 10.6 Å². The first-order valence-corrected chi connectivity index (χ1v) is 5.15. The average Bonchev–Trinajstić information content (AvgIpc) is 2.45. The average molecular weight is 257 g/mol. The van der Waals surface area contributed by atoms with Crippen molar-refractivity contribution in [3.05, 3.63) is 34.6 Å². The lowest BCUT2D eigenvalue weighted by molar-refractivity contribution is 0.0950. The number of nitrogens with zero attached hydrogens (tertiary/aromatic N) is 1. The molecule has 0 aromatic carbocycles. The minimum atomic E-state index is -0.0590. The molecule has 0 aliphatic carbocycles. The van der Waals surface area contributed by atoms with Crippen LogP contribution in [0.4, 0.5) is 0 Å². The van der Waals surface area contributed by atoms with Crippen molar-refractivity contribution >= 4 is 21.8 Å². The normalized spacial score (nSPS) is 10.8. The van der Waals surface area contributed by atoms with E-state index in [4.69, 9.17) is 0 Å². The molecule has 1 N–H and O–H groups in total. The number of rotatable bonds is 3. The van der Waals surface area contributed by atoms with Crippen molar-refractivity contribution in [3.63, 3.8) is 0 Å². The summed E-state index contributed by atoms with van der Waals surface area (Å²) in [5.41, 5.74) is 0.654. The van der Waals surface area contributed by atoms with Crippen LogP contribution < -0.4 is 5.32 Å². The van der Waals surface area contributed by atoms with Gasteiger partial charge in [-0.05, 0) is 28.9 Å². The molecule has 14 heavy (non-hydrogen) atoms. The molecule has 0 radical (unpaired) electrons. The van der Waals surface area contributed by atoms with Gasteiger partial charge in [0.05, 0.1) is 0 Å². The number of hydrogen-bond acceptors (Lipinski definition) is 1. The van der Waals surface area contributed by atoms with Crippen LogP contribution in [0.1, 0.15) is 17.4 Å². The zero-order chi connectivity index (χ0) is 10.6. The quantitative estimate of drug-likeness (QED) is 0.826. The standard InChI is InChI=1S/C10H13BrN2O/c1-3-4-5-12-10(14)9-6-8(11)7-13(9)2/h3-4,6-7H,5H2,1-2H3,(H,12,14)/b4-3+. The molecule has 1 amide bonds. The second kappa shape index (κ2) is 5.00. The van der Waals surface area contributed by atoms with Crippen LogP contribution in [0.3, 0.4) is 0 Å².